The number of rotatable bonds is 10. The molecule has 12 nitrogen and oxygen atoms in total. The second-order valence-corrected chi connectivity index (χ2v) is 14.9. The van der Waals surface area contributed by atoms with E-state index in [4.69, 9.17) is 23.7 Å². The van der Waals surface area contributed by atoms with Gasteiger partial charge in [0, 0.05) is 37.8 Å². The van der Waals surface area contributed by atoms with Gasteiger partial charge < -0.3 is 33.7 Å². The largest absolute Gasteiger partial charge is 0.497 e. The summed E-state index contributed by atoms with van der Waals surface area (Å²) in [5.41, 5.74) is 1.50. The Labute approximate surface area is 295 Å². The number of aliphatic hydroxyl groups excluding tert-OH is 1. The van der Waals surface area contributed by atoms with Crippen LogP contribution in [0.25, 0.3) is 0 Å². The molecule has 0 fully saturated rings. The van der Waals surface area contributed by atoms with Crippen molar-refractivity contribution in [2.75, 3.05) is 52.0 Å². The highest BCUT2D eigenvalue weighted by Gasteiger charge is 2.31. The number of sulfonamides is 1. The van der Waals surface area contributed by atoms with Gasteiger partial charge in [-0.05, 0) is 100 Å². The van der Waals surface area contributed by atoms with Gasteiger partial charge >= 0.3 is 0 Å². The predicted octanol–water partition coefficient (Wildman–Crippen LogP) is 5.15. The van der Waals surface area contributed by atoms with Crippen LogP contribution in [0, 0.1) is 5.92 Å². The molecule has 0 spiro atoms. The highest BCUT2D eigenvalue weighted by Crippen LogP contribution is 2.33. The van der Waals surface area contributed by atoms with Gasteiger partial charge in [-0.3, -0.25) is 14.4 Å². The molecule has 3 aromatic carbocycles. The SMILES string of the molecule is COc1ccc(S(=O)(=O)Nc2ccc3c(c2)C(=O)N([C@H](C)CO)C[C@H](C)[C@@H](CN(C)Cc2ccc4c(c2)OCO4)OCCCC[C@H](C)O3)cc1. The minimum atomic E-state index is -3.98. The lowest BCUT2D eigenvalue weighted by atomic mass is 10.0. The number of carbonyl (C=O) groups excluding carboxylic acids is 1. The van der Waals surface area contributed by atoms with E-state index in [9.17, 15) is 18.3 Å². The molecule has 2 heterocycles. The Kier molecular flexibility index (Phi) is 12.5. The quantitative estimate of drug-likeness (QED) is 0.291. The Morgan fingerprint density at radius 2 is 1.76 bits per heavy atom. The number of fused-ring (bicyclic) bond motifs is 2. The van der Waals surface area contributed by atoms with Gasteiger partial charge in [-0.15, -0.1) is 0 Å². The third kappa shape index (κ3) is 9.39. The summed E-state index contributed by atoms with van der Waals surface area (Å²) < 4.78 is 58.2. The van der Waals surface area contributed by atoms with E-state index in [1.54, 1.807) is 36.1 Å². The van der Waals surface area contributed by atoms with Crippen molar-refractivity contribution >= 4 is 21.6 Å². The monoisotopic (exact) mass is 711 g/mol. The van der Waals surface area contributed by atoms with E-state index in [-0.39, 0.29) is 53.6 Å². The number of benzene rings is 3. The lowest BCUT2D eigenvalue weighted by Crippen LogP contribution is -2.47. The zero-order chi connectivity index (χ0) is 35.8. The van der Waals surface area contributed by atoms with Gasteiger partial charge in [0.2, 0.25) is 6.79 Å². The summed E-state index contributed by atoms with van der Waals surface area (Å²) in [4.78, 5) is 18.3. The number of carbonyl (C=O) groups is 1. The van der Waals surface area contributed by atoms with Crippen LogP contribution in [0.4, 0.5) is 5.69 Å². The van der Waals surface area contributed by atoms with E-state index >= 15 is 0 Å². The van der Waals surface area contributed by atoms with Crippen LogP contribution < -0.4 is 23.7 Å². The molecule has 50 heavy (non-hydrogen) atoms. The van der Waals surface area contributed by atoms with Crippen LogP contribution in [0.15, 0.2) is 65.6 Å². The third-order valence-corrected chi connectivity index (χ3v) is 10.5. The molecule has 0 saturated carbocycles. The van der Waals surface area contributed by atoms with Gasteiger partial charge in [0.15, 0.2) is 11.5 Å². The molecule has 0 aliphatic carbocycles. The number of hydrogen-bond acceptors (Lipinski definition) is 10. The molecule has 5 rings (SSSR count). The number of aliphatic hydroxyl groups is 1. The van der Waals surface area contributed by atoms with Crippen LogP contribution in [0.2, 0.25) is 0 Å². The number of hydrogen-bond donors (Lipinski definition) is 2. The second kappa shape index (κ2) is 16.8. The zero-order valence-corrected chi connectivity index (χ0v) is 30.3. The van der Waals surface area contributed by atoms with Gasteiger partial charge in [-0.25, -0.2) is 8.42 Å². The van der Waals surface area contributed by atoms with Crippen molar-refractivity contribution in [3.8, 4) is 23.0 Å². The molecule has 2 aliphatic rings. The summed E-state index contributed by atoms with van der Waals surface area (Å²) in [5, 5.41) is 10.3. The smallest absolute Gasteiger partial charge is 0.261 e. The van der Waals surface area contributed by atoms with Crippen molar-refractivity contribution in [2.24, 2.45) is 5.92 Å². The normalized spacial score (nSPS) is 20.8. The first-order chi connectivity index (χ1) is 24.0. The maximum absolute atomic E-state index is 14.5. The van der Waals surface area contributed by atoms with Crippen LogP contribution in [0.5, 0.6) is 23.0 Å². The molecule has 0 radical (unpaired) electrons. The number of anilines is 1. The fourth-order valence-electron chi connectivity index (χ4n) is 6.14. The lowest BCUT2D eigenvalue weighted by Gasteiger charge is -2.36. The first-order valence-corrected chi connectivity index (χ1v) is 18.5. The van der Waals surface area contributed by atoms with Gasteiger partial charge in [0.25, 0.3) is 15.9 Å². The molecule has 0 saturated heterocycles. The number of methoxy groups -OCH3 is 1. The summed E-state index contributed by atoms with van der Waals surface area (Å²) in [6.45, 7) is 7.88. The average Bonchev–Trinajstić information content (AvgIpc) is 3.57. The predicted molar refractivity (Wildman–Crippen MR) is 190 cm³/mol. The number of nitrogens with zero attached hydrogens (tertiary/aromatic N) is 2. The molecule has 0 unspecified atom stereocenters. The number of amides is 1. The molecule has 13 heteroatoms. The van der Waals surface area contributed by atoms with Crippen LogP contribution >= 0.6 is 0 Å². The molecule has 0 bridgehead atoms. The van der Waals surface area contributed by atoms with Crippen molar-refractivity contribution in [2.45, 2.75) is 69.7 Å². The number of likely N-dealkylation sites (N-methyl/N-ethyl adjacent to an activating group) is 1. The molecule has 1 amide bonds. The maximum atomic E-state index is 14.5. The van der Waals surface area contributed by atoms with E-state index in [0.29, 0.717) is 37.7 Å². The minimum absolute atomic E-state index is 0.0495. The molecular formula is C37H49N3O9S. The first kappa shape index (κ1) is 37.2. The lowest BCUT2D eigenvalue weighted by molar-refractivity contribution is -0.0177. The highest BCUT2D eigenvalue weighted by molar-refractivity contribution is 7.92. The van der Waals surface area contributed by atoms with Crippen LogP contribution in [-0.2, 0) is 21.3 Å². The van der Waals surface area contributed by atoms with E-state index < -0.39 is 16.1 Å². The standard InChI is InChI=1S/C37H49N3O9S/c1-25-20-40(26(2)23-41)37(42)32-19-29(38-50(43,44)31-13-11-30(45-5)12-14-31)10-16-33(32)49-27(3)8-6-7-17-46-36(25)22-39(4)21-28-9-15-34-35(18-28)48-24-47-34/h9-16,18-19,25-27,36,38,41H,6-8,17,20-24H2,1-5H3/t25-,26+,27-,36+/m0/s1. The summed E-state index contributed by atoms with van der Waals surface area (Å²) in [6, 6.07) is 16.2. The summed E-state index contributed by atoms with van der Waals surface area (Å²) in [7, 11) is -0.432. The summed E-state index contributed by atoms with van der Waals surface area (Å²) in [5.74, 6) is 1.87. The van der Waals surface area contributed by atoms with Crippen molar-refractivity contribution in [1.29, 1.82) is 0 Å². The van der Waals surface area contributed by atoms with E-state index in [2.05, 4.69) is 9.62 Å². The molecule has 3 aromatic rings. The Morgan fingerprint density at radius 3 is 2.50 bits per heavy atom. The Balaban J connectivity index is 1.40. The van der Waals surface area contributed by atoms with Gasteiger partial charge in [-0.1, -0.05) is 13.0 Å². The minimum Gasteiger partial charge on any atom is -0.497 e. The molecule has 2 N–H and O–H groups in total. The first-order valence-electron chi connectivity index (χ1n) is 17.1. The van der Waals surface area contributed by atoms with Crippen molar-refractivity contribution in [1.82, 2.24) is 9.80 Å². The fraction of sp³-hybridized carbons (Fsp3) is 0.486. The van der Waals surface area contributed by atoms with E-state index in [1.807, 2.05) is 39.1 Å². The molecule has 2 aliphatic heterocycles. The zero-order valence-electron chi connectivity index (χ0n) is 29.5. The molecule has 0 aromatic heterocycles. The second-order valence-electron chi connectivity index (χ2n) is 13.2. The fourth-order valence-corrected chi connectivity index (χ4v) is 7.19. The Morgan fingerprint density at radius 1 is 1.02 bits per heavy atom. The van der Waals surface area contributed by atoms with E-state index in [1.165, 1.54) is 25.3 Å². The maximum Gasteiger partial charge on any atom is 0.261 e. The van der Waals surface area contributed by atoms with Crippen LogP contribution in [-0.4, -0.2) is 94.7 Å². The van der Waals surface area contributed by atoms with Crippen molar-refractivity contribution in [3.05, 3.63) is 71.8 Å². The summed E-state index contributed by atoms with van der Waals surface area (Å²) in [6.07, 6.45) is 2.03. The average molecular weight is 712 g/mol. The Hall–Kier alpha value is -4.04. The molecule has 272 valence electrons. The molecule has 4 atom stereocenters. The van der Waals surface area contributed by atoms with E-state index in [0.717, 1.165) is 36.3 Å². The topological polar surface area (TPSA) is 136 Å². The van der Waals surface area contributed by atoms with Gasteiger partial charge in [0.1, 0.15) is 11.5 Å². The van der Waals surface area contributed by atoms with Crippen LogP contribution in [0.3, 0.4) is 0 Å². The number of nitrogens with one attached hydrogen (secondary N) is 1. The third-order valence-electron chi connectivity index (χ3n) is 9.05. The highest BCUT2D eigenvalue weighted by atomic mass is 32.2. The summed E-state index contributed by atoms with van der Waals surface area (Å²) >= 11 is 0. The number of ether oxygens (including phenoxy) is 5. The van der Waals surface area contributed by atoms with Crippen molar-refractivity contribution < 1.29 is 42.0 Å². The van der Waals surface area contributed by atoms with Crippen LogP contribution in [0.1, 0.15) is 56.0 Å². The molecular weight excluding hydrogens is 662 g/mol. The Bertz CT molecular complexity index is 1700. The van der Waals surface area contributed by atoms with Gasteiger partial charge in [-0.2, -0.15) is 0 Å². The van der Waals surface area contributed by atoms with Crippen molar-refractivity contribution in [3.63, 3.8) is 0 Å². The van der Waals surface area contributed by atoms with Gasteiger partial charge in [0.05, 0.1) is 42.4 Å².